The van der Waals surface area contributed by atoms with Crippen LogP contribution in [0.2, 0.25) is 0 Å². The van der Waals surface area contributed by atoms with Gasteiger partial charge in [0.05, 0.1) is 0 Å². The minimum absolute atomic E-state index is 0.252. The summed E-state index contributed by atoms with van der Waals surface area (Å²) < 4.78 is 0. The monoisotopic (exact) mass is 302 g/mol. The fourth-order valence-electron chi connectivity index (χ4n) is 1.76. The summed E-state index contributed by atoms with van der Waals surface area (Å²) >= 11 is 0. The van der Waals surface area contributed by atoms with Gasteiger partial charge in [0, 0.05) is 6.42 Å². The number of aliphatic carboxylic acids is 1. The number of unbranched alkanes of at least 4 members (excludes halogenated alkanes) is 4. The minimum atomic E-state index is -0.720. The van der Waals surface area contributed by atoms with Crippen molar-refractivity contribution in [3.8, 4) is 0 Å². The molecule has 2 nitrogen and oxygen atoms in total. The van der Waals surface area contributed by atoms with E-state index >= 15 is 0 Å². The Balaban J connectivity index is 3.55. The van der Waals surface area contributed by atoms with Gasteiger partial charge in [0.1, 0.15) is 0 Å². The number of hydrogen-bond donors (Lipinski definition) is 1. The molecule has 0 spiro atoms. The maximum Gasteiger partial charge on any atom is 0.303 e. The van der Waals surface area contributed by atoms with Crippen LogP contribution in [0.15, 0.2) is 60.8 Å². The lowest BCUT2D eigenvalue weighted by Gasteiger charge is -1.89. The third kappa shape index (κ3) is 18.2. The van der Waals surface area contributed by atoms with Crippen molar-refractivity contribution in [1.29, 1.82) is 0 Å². The summed E-state index contributed by atoms with van der Waals surface area (Å²) in [5.74, 6) is -0.720. The van der Waals surface area contributed by atoms with Crippen molar-refractivity contribution >= 4 is 5.97 Å². The Labute approximate surface area is 135 Å². The molecule has 0 saturated carbocycles. The van der Waals surface area contributed by atoms with Gasteiger partial charge < -0.3 is 5.11 Å². The van der Waals surface area contributed by atoms with Crippen molar-refractivity contribution < 1.29 is 9.90 Å². The SMILES string of the molecule is CCCCC\C=C/C=C/C=C/C=C\C/C=C\CCCC(=O)O. The van der Waals surface area contributed by atoms with Crippen LogP contribution in [0.1, 0.15) is 58.3 Å². The second-order valence-electron chi connectivity index (χ2n) is 5.11. The Hall–Kier alpha value is -1.83. The molecule has 22 heavy (non-hydrogen) atoms. The average Bonchev–Trinajstić information content (AvgIpc) is 2.50. The highest BCUT2D eigenvalue weighted by molar-refractivity contribution is 5.66. The molecular formula is C20H30O2. The van der Waals surface area contributed by atoms with E-state index in [0.717, 1.165) is 12.8 Å². The highest BCUT2D eigenvalue weighted by atomic mass is 16.4. The van der Waals surface area contributed by atoms with Crippen LogP contribution in [0.4, 0.5) is 0 Å². The van der Waals surface area contributed by atoms with Gasteiger partial charge in [0.25, 0.3) is 0 Å². The Morgan fingerprint density at radius 2 is 1.41 bits per heavy atom. The molecule has 0 rings (SSSR count). The number of carboxylic acids is 1. The zero-order valence-corrected chi connectivity index (χ0v) is 13.8. The Kier molecular flexibility index (Phi) is 15.8. The van der Waals surface area contributed by atoms with Gasteiger partial charge in [0.15, 0.2) is 0 Å². The van der Waals surface area contributed by atoms with Crippen molar-refractivity contribution in [2.24, 2.45) is 0 Å². The molecular weight excluding hydrogens is 272 g/mol. The van der Waals surface area contributed by atoms with Crippen LogP contribution in [0.3, 0.4) is 0 Å². The molecule has 2 heteroatoms. The molecule has 1 N–H and O–H groups in total. The average molecular weight is 302 g/mol. The fourth-order valence-corrected chi connectivity index (χ4v) is 1.76. The molecule has 122 valence electrons. The van der Waals surface area contributed by atoms with Crippen molar-refractivity contribution in [3.63, 3.8) is 0 Å². The van der Waals surface area contributed by atoms with Gasteiger partial charge in [-0.15, -0.1) is 0 Å². The molecule has 0 aromatic heterocycles. The zero-order valence-electron chi connectivity index (χ0n) is 13.8. The number of rotatable bonds is 13. The van der Waals surface area contributed by atoms with E-state index in [4.69, 9.17) is 5.11 Å². The van der Waals surface area contributed by atoms with Gasteiger partial charge in [-0.2, -0.15) is 0 Å². The van der Waals surface area contributed by atoms with E-state index in [1.54, 1.807) is 0 Å². The van der Waals surface area contributed by atoms with E-state index < -0.39 is 5.97 Å². The third-order valence-electron chi connectivity index (χ3n) is 3.00. The van der Waals surface area contributed by atoms with Gasteiger partial charge in [-0.25, -0.2) is 0 Å². The van der Waals surface area contributed by atoms with E-state index in [9.17, 15) is 4.79 Å². The van der Waals surface area contributed by atoms with Crippen molar-refractivity contribution in [2.45, 2.75) is 58.3 Å². The van der Waals surface area contributed by atoms with Crippen LogP contribution in [-0.2, 0) is 4.79 Å². The first-order chi connectivity index (χ1) is 10.8. The third-order valence-corrected chi connectivity index (χ3v) is 3.00. The van der Waals surface area contributed by atoms with Crippen LogP contribution >= 0.6 is 0 Å². The second-order valence-corrected chi connectivity index (χ2v) is 5.11. The van der Waals surface area contributed by atoms with Crippen LogP contribution in [-0.4, -0.2) is 11.1 Å². The highest BCUT2D eigenvalue weighted by Crippen LogP contribution is 1.99. The first kappa shape index (κ1) is 20.2. The maximum absolute atomic E-state index is 10.3. The zero-order chi connectivity index (χ0) is 16.3. The Morgan fingerprint density at radius 1 is 0.773 bits per heavy atom. The van der Waals surface area contributed by atoms with Crippen molar-refractivity contribution in [2.75, 3.05) is 0 Å². The number of allylic oxidation sites excluding steroid dienone is 10. The predicted molar refractivity (Wildman–Crippen MR) is 95.9 cm³/mol. The second kappa shape index (κ2) is 17.2. The number of carbonyl (C=O) groups is 1. The molecule has 0 fully saturated rings. The smallest absolute Gasteiger partial charge is 0.303 e. The standard InChI is InChI=1S/C20H30O2/c1-2-3-4-5-6-7-8-9-10-11-12-13-14-15-16-17-18-19-20(21)22/h6-13,15-16H,2-5,14,17-19H2,1H3,(H,21,22)/b7-6-,9-8+,11-10+,13-12-,16-15-. The molecule has 0 aliphatic carbocycles. The molecule has 0 aromatic carbocycles. The molecule has 0 heterocycles. The largest absolute Gasteiger partial charge is 0.481 e. The summed E-state index contributed by atoms with van der Waals surface area (Å²) in [5, 5.41) is 8.49. The van der Waals surface area contributed by atoms with E-state index in [1.807, 2.05) is 30.4 Å². The lowest BCUT2D eigenvalue weighted by molar-refractivity contribution is -0.137. The van der Waals surface area contributed by atoms with Crippen LogP contribution in [0.25, 0.3) is 0 Å². The van der Waals surface area contributed by atoms with E-state index in [0.29, 0.717) is 6.42 Å². The normalized spacial score (nSPS) is 12.8. The fraction of sp³-hybridized carbons (Fsp3) is 0.450. The molecule has 0 aliphatic rings. The van der Waals surface area contributed by atoms with Gasteiger partial charge in [-0.05, 0) is 32.1 Å². The highest BCUT2D eigenvalue weighted by Gasteiger charge is 1.92. The molecule has 0 unspecified atom stereocenters. The van der Waals surface area contributed by atoms with E-state index in [1.165, 1.54) is 25.7 Å². The number of hydrogen-bond acceptors (Lipinski definition) is 1. The molecule has 0 aromatic rings. The Bertz CT molecular complexity index is 398. The van der Waals surface area contributed by atoms with Crippen LogP contribution in [0, 0.1) is 0 Å². The predicted octanol–water partition coefficient (Wildman–Crippen LogP) is 5.99. The first-order valence-electron chi connectivity index (χ1n) is 8.29. The quantitative estimate of drug-likeness (QED) is 0.258. The summed E-state index contributed by atoms with van der Waals surface area (Å²) in [7, 11) is 0. The summed E-state index contributed by atoms with van der Waals surface area (Å²) in [6.45, 7) is 2.22. The molecule has 0 saturated heterocycles. The molecule has 0 atom stereocenters. The summed E-state index contributed by atoms with van der Waals surface area (Å²) in [5.41, 5.74) is 0. The Morgan fingerprint density at radius 3 is 2.09 bits per heavy atom. The minimum Gasteiger partial charge on any atom is -0.481 e. The molecule has 0 bridgehead atoms. The van der Waals surface area contributed by atoms with Crippen LogP contribution in [0.5, 0.6) is 0 Å². The van der Waals surface area contributed by atoms with Gasteiger partial charge in [0.2, 0.25) is 0 Å². The van der Waals surface area contributed by atoms with Gasteiger partial charge >= 0.3 is 5.97 Å². The molecule has 0 aliphatic heterocycles. The summed E-state index contributed by atoms with van der Waals surface area (Å²) in [6, 6.07) is 0. The van der Waals surface area contributed by atoms with Crippen LogP contribution < -0.4 is 0 Å². The van der Waals surface area contributed by atoms with E-state index in [-0.39, 0.29) is 6.42 Å². The topological polar surface area (TPSA) is 37.3 Å². The summed E-state index contributed by atoms with van der Waals surface area (Å²) in [6.07, 6.45) is 28.4. The molecule has 0 amide bonds. The van der Waals surface area contributed by atoms with Gasteiger partial charge in [-0.1, -0.05) is 80.5 Å². The lowest BCUT2D eigenvalue weighted by Crippen LogP contribution is -1.92. The van der Waals surface area contributed by atoms with E-state index in [2.05, 4.69) is 37.3 Å². The maximum atomic E-state index is 10.3. The van der Waals surface area contributed by atoms with Crippen molar-refractivity contribution in [1.82, 2.24) is 0 Å². The molecule has 0 radical (unpaired) electrons. The summed E-state index contributed by atoms with van der Waals surface area (Å²) in [4.78, 5) is 10.3. The lowest BCUT2D eigenvalue weighted by atomic mass is 10.2. The number of carboxylic acid groups (broad SMARTS) is 1. The van der Waals surface area contributed by atoms with Gasteiger partial charge in [-0.3, -0.25) is 4.79 Å². The van der Waals surface area contributed by atoms with Crippen molar-refractivity contribution in [3.05, 3.63) is 60.8 Å². The first-order valence-corrected chi connectivity index (χ1v) is 8.29.